The highest BCUT2D eigenvalue weighted by atomic mass is 16.3. The van der Waals surface area contributed by atoms with Crippen molar-refractivity contribution in [2.45, 2.75) is 80.2 Å². The van der Waals surface area contributed by atoms with Gasteiger partial charge in [-0.1, -0.05) is 83.2 Å². The van der Waals surface area contributed by atoms with Gasteiger partial charge in [0.15, 0.2) is 0 Å². The smallest absolute Gasteiger partial charge is 0.248 e. The van der Waals surface area contributed by atoms with E-state index in [1.54, 1.807) is 36.4 Å². The van der Waals surface area contributed by atoms with Crippen LogP contribution in [0.5, 0.6) is 0 Å². The number of nitrogens with one attached hydrogen (secondary N) is 1. The minimum atomic E-state index is -0.169. The predicted molar refractivity (Wildman–Crippen MR) is 167 cm³/mol. The summed E-state index contributed by atoms with van der Waals surface area (Å²) in [6.45, 7) is 19.4. The number of amides is 1. The van der Waals surface area contributed by atoms with Crippen LogP contribution in [0.1, 0.15) is 83.9 Å². The van der Waals surface area contributed by atoms with Crippen molar-refractivity contribution in [1.82, 2.24) is 5.32 Å². The number of benzene rings is 2. The lowest BCUT2D eigenvalue weighted by Gasteiger charge is -2.20. The Morgan fingerprint density at radius 2 is 1.59 bits per heavy atom. The van der Waals surface area contributed by atoms with Crippen molar-refractivity contribution < 1.29 is 9.59 Å². The summed E-state index contributed by atoms with van der Waals surface area (Å²) in [5, 5.41) is 5.95. The summed E-state index contributed by atoms with van der Waals surface area (Å²) in [5.41, 5.74) is 3.94. The molecule has 1 atom stereocenters. The molecule has 1 aliphatic carbocycles. The SMILES string of the molecule is C=CC.C=CC(C)/C(=C\c1cccc(N=O)c1)C(=O)NCc1ccc(CC2CCC(=O)CC2)cc1.CC.CC. The van der Waals surface area contributed by atoms with Crippen molar-refractivity contribution >= 4 is 23.5 Å². The third-order valence-electron chi connectivity index (χ3n) is 6.07. The van der Waals surface area contributed by atoms with E-state index in [9.17, 15) is 14.5 Å². The molecule has 5 heteroatoms. The van der Waals surface area contributed by atoms with Crippen LogP contribution in [0.3, 0.4) is 0 Å². The molecule has 0 saturated heterocycles. The van der Waals surface area contributed by atoms with Gasteiger partial charge in [-0.05, 0) is 72.2 Å². The lowest BCUT2D eigenvalue weighted by Crippen LogP contribution is -2.26. The molecule has 2 aromatic carbocycles. The first kappa shape index (κ1) is 35.4. The van der Waals surface area contributed by atoms with Crippen LogP contribution in [0.15, 0.2) is 84.6 Å². The van der Waals surface area contributed by atoms with Gasteiger partial charge in [0.2, 0.25) is 5.91 Å². The third kappa shape index (κ3) is 13.7. The van der Waals surface area contributed by atoms with Crippen LogP contribution in [0.4, 0.5) is 5.69 Å². The van der Waals surface area contributed by atoms with Crippen LogP contribution in [0.25, 0.3) is 6.08 Å². The zero-order chi connectivity index (χ0) is 29.6. The Kier molecular flexibility index (Phi) is 19.4. The Hall–Kier alpha value is -3.60. The summed E-state index contributed by atoms with van der Waals surface area (Å²) in [5.74, 6) is 0.657. The molecule has 1 fully saturated rings. The minimum absolute atomic E-state index is 0.146. The fourth-order valence-corrected chi connectivity index (χ4v) is 4.00. The van der Waals surface area contributed by atoms with Crippen LogP contribution in [0.2, 0.25) is 0 Å². The van der Waals surface area contributed by atoms with Crippen LogP contribution in [-0.4, -0.2) is 11.7 Å². The van der Waals surface area contributed by atoms with Gasteiger partial charge in [0.25, 0.3) is 0 Å². The van der Waals surface area contributed by atoms with Gasteiger partial charge in [-0.25, -0.2) is 0 Å². The van der Waals surface area contributed by atoms with Crippen molar-refractivity contribution in [2.24, 2.45) is 17.0 Å². The van der Waals surface area contributed by atoms with Gasteiger partial charge in [0.1, 0.15) is 11.5 Å². The van der Waals surface area contributed by atoms with Crippen LogP contribution >= 0.6 is 0 Å². The van der Waals surface area contributed by atoms with Crippen molar-refractivity contribution in [3.8, 4) is 0 Å². The van der Waals surface area contributed by atoms with E-state index in [4.69, 9.17) is 0 Å². The molecule has 0 spiro atoms. The first-order valence-electron chi connectivity index (χ1n) is 14.1. The summed E-state index contributed by atoms with van der Waals surface area (Å²) >= 11 is 0. The van der Waals surface area contributed by atoms with Gasteiger partial charge in [0, 0.05) is 30.9 Å². The number of carbonyl (C=O) groups is 2. The molecular weight excluding hydrogens is 484 g/mol. The summed E-state index contributed by atoms with van der Waals surface area (Å²) in [7, 11) is 0. The molecule has 0 radical (unpaired) electrons. The lowest BCUT2D eigenvalue weighted by molar-refractivity contribution is -0.121. The molecule has 1 saturated carbocycles. The minimum Gasteiger partial charge on any atom is -0.348 e. The molecule has 1 amide bonds. The number of nitrogens with zero attached hydrogens (tertiary/aromatic N) is 1. The van der Waals surface area contributed by atoms with E-state index in [0.717, 1.165) is 30.4 Å². The zero-order valence-corrected chi connectivity index (χ0v) is 24.8. The molecule has 2 aromatic rings. The molecule has 5 nitrogen and oxygen atoms in total. The third-order valence-corrected chi connectivity index (χ3v) is 6.07. The molecule has 1 N–H and O–H groups in total. The van der Waals surface area contributed by atoms with Crippen molar-refractivity contribution in [3.05, 3.63) is 101 Å². The Labute approximate surface area is 236 Å². The molecular formula is C34H48N2O3. The fourth-order valence-electron chi connectivity index (χ4n) is 4.00. The van der Waals surface area contributed by atoms with Crippen molar-refractivity contribution in [3.63, 3.8) is 0 Å². The number of nitroso groups, excluding NO2 is 1. The maximum absolute atomic E-state index is 12.9. The molecule has 0 aromatic heterocycles. The fraction of sp³-hybridized carbons (Fsp3) is 0.412. The number of hydrogen-bond donors (Lipinski definition) is 1. The van der Waals surface area contributed by atoms with E-state index in [2.05, 4.69) is 35.8 Å². The zero-order valence-electron chi connectivity index (χ0n) is 24.8. The van der Waals surface area contributed by atoms with Crippen LogP contribution < -0.4 is 5.32 Å². The van der Waals surface area contributed by atoms with Gasteiger partial charge in [-0.2, -0.15) is 0 Å². The van der Waals surface area contributed by atoms with E-state index in [1.165, 1.54) is 5.56 Å². The Morgan fingerprint density at radius 1 is 1.03 bits per heavy atom. The highest BCUT2D eigenvalue weighted by Gasteiger charge is 2.19. The quantitative estimate of drug-likeness (QED) is 0.199. The van der Waals surface area contributed by atoms with Gasteiger partial charge >= 0.3 is 0 Å². The van der Waals surface area contributed by atoms with Crippen molar-refractivity contribution in [1.29, 1.82) is 0 Å². The maximum Gasteiger partial charge on any atom is 0.248 e. The topological polar surface area (TPSA) is 75.6 Å². The Balaban J connectivity index is 0.00000189. The van der Waals surface area contributed by atoms with E-state index in [1.807, 2.05) is 59.7 Å². The molecule has 0 heterocycles. The molecule has 3 rings (SSSR count). The van der Waals surface area contributed by atoms with Gasteiger partial charge in [0.05, 0.1) is 0 Å². The van der Waals surface area contributed by atoms with E-state index >= 15 is 0 Å². The van der Waals surface area contributed by atoms with Crippen molar-refractivity contribution in [2.75, 3.05) is 0 Å². The summed E-state index contributed by atoms with van der Waals surface area (Å²) < 4.78 is 0. The average molecular weight is 533 g/mol. The lowest BCUT2D eigenvalue weighted by atomic mass is 9.84. The Morgan fingerprint density at radius 3 is 2.13 bits per heavy atom. The van der Waals surface area contributed by atoms with Gasteiger partial charge < -0.3 is 5.32 Å². The van der Waals surface area contributed by atoms with Crippen LogP contribution in [0, 0.1) is 16.7 Å². The highest BCUT2D eigenvalue weighted by molar-refractivity contribution is 5.98. The first-order valence-corrected chi connectivity index (χ1v) is 14.1. The number of Topliss-reactive ketones (excluding diaryl/α,β-unsaturated/α-hetero) is 1. The molecule has 0 bridgehead atoms. The van der Waals surface area contributed by atoms with E-state index < -0.39 is 0 Å². The molecule has 0 aliphatic heterocycles. The molecule has 212 valence electrons. The monoisotopic (exact) mass is 532 g/mol. The second kappa shape index (κ2) is 21.3. The Bertz CT molecular complexity index is 1040. The molecule has 1 unspecified atom stereocenters. The normalized spacial score (nSPS) is 13.6. The molecule has 1 aliphatic rings. The van der Waals surface area contributed by atoms with Crippen LogP contribution in [-0.2, 0) is 22.6 Å². The number of rotatable bonds is 9. The standard InChI is InChI=1S/C27H30N2O3.C3H6.2C2H6/c1-3-19(2)26(17-23-5-4-6-24(16-23)29-32)27(31)28-18-22-9-7-20(8-10-22)15-21-11-13-25(30)14-12-21;1-3-2;2*1-2/h3-10,16-17,19,21H,1,11-15,18H2,2H3,(H,28,31);3H,1H2,2H3;2*1-2H3/b26-17+;;;. The summed E-state index contributed by atoms with van der Waals surface area (Å²) in [6.07, 6.45) is 9.64. The second-order valence-corrected chi connectivity index (χ2v) is 8.90. The van der Waals surface area contributed by atoms with Gasteiger partial charge in [-0.3, -0.25) is 9.59 Å². The van der Waals surface area contributed by atoms with E-state index in [-0.39, 0.29) is 11.8 Å². The second-order valence-electron chi connectivity index (χ2n) is 8.90. The average Bonchev–Trinajstić information content (AvgIpc) is 2.98. The largest absolute Gasteiger partial charge is 0.348 e. The number of carbonyl (C=O) groups excluding carboxylic acids is 2. The summed E-state index contributed by atoms with van der Waals surface area (Å²) in [6, 6.07) is 15.2. The predicted octanol–water partition coefficient (Wildman–Crippen LogP) is 9.15. The summed E-state index contributed by atoms with van der Waals surface area (Å²) in [4.78, 5) is 35.1. The highest BCUT2D eigenvalue weighted by Crippen LogP contribution is 2.25. The maximum atomic E-state index is 12.9. The molecule has 39 heavy (non-hydrogen) atoms. The number of ketones is 1. The number of hydrogen-bond acceptors (Lipinski definition) is 4. The van der Waals surface area contributed by atoms with E-state index in [0.29, 0.717) is 42.3 Å². The number of allylic oxidation sites excluding steroid dienone is 2. The van der Waals surface area contributed by atoms with Gasteiger partial charge in [-0.15, -0.1) is 18.1 Å². The first-order chi connectivity index (χ1) is 18.9.